The average Bonchev–Trinajstić information content (AvgIpc) is 2.38. The van der Waals surface area contributed by atoms with Crippen molar-refractivity contribution in [2.75, 3.05) is 18.2 Å². The number of aliphatic hydroxyl groups is 1. The molecule has 1 aromatic carbocycles. The number of aryl methyl sites for hydroxylation is 1. The van der Waals surface area contributed by atoms with Crippen molar-refractivity contribution in [3.63, 3.8) is 0 Å². The minimum absolute atomic E-state index is 0.190. The van der Waals surface area contributed by atoms with Crippen molar-refractivity contribution >= 4 is 23.2 Å². The summed E-state index contributed by atoms with van der Waals surface area (Å²) < 4.78 is 44.3. The summed E-state index contributed by atoms with van der Waals surface area (Å²) in [4.78, 5) is 12.6. The van der Waals surface area contributed by atoms with Gasteiger partial charge in [-0.3, -0.25) is 9.69 Å². The molecule has 0 spiro atoms. The molecule has 0 radical (unpaired) electrons. The number of hydrogen-bond donors (Lipinski definition) is 1. The molecule has 1 amide bonds. The maximum atomic E-state index is 13.1. The molecule has 0 aliphatic heterocycles. The number of aliphatic hydroxyl groups excluding tert-OH is 1. The van der Waals surface area contributed by atoms with Gasteiger partial charge in [0, 0.05) is 6.61 Å². The minimum atomic E-state index is -4.65. The second-order valence-electron chi connectivity index (χ2n) is 4.19. The van der Waals surface area contributed by atoms with Gasteiger partial charge in [0.1, 0.15) is 6.73 Å². The highest BCUT2D eigenvalue weighted by Crippen LogP contribution is 2.38. The second kappa shape index (κ2) is 7.11. The van der Waals surface area contributed by atoms with Crippen molar-refractivity contribution in [2.24, 2.45) is 0 Å². The van der Waals surface area contributed by atoms with Gasteiger partial charge >= 0.3 is 6.18 Å². The highest BCUT2D eigenvalue weighted by atomic mass is 35.5. The number of para-hydroxylation sites is 1. The third-order valence-corrected chi connectivity index (χ3v) is 2.89. The molecule has 21 heavy (non-hydrogen) atoms. The molecule has 0 saturated heterocycles. The van der Waals surface area contributed by atoms with Crippen LogP contribution in [0.1, 0.15) is 18.1 Å². The van der Waals surface area contributed by atoms with Gasteiger partial charge in [0.15, 0.2) is 0 Å². The Balaban J connectivity index is 3.39. The summed E-state index contributed by atoms with van der Waals surface area (Å²) in [7, 11) is 0. The fourth-order valence-electron chi connectivity index (χ4n) is 1.80. The molecular weight excluding hydrogens is 311 g/mol. The van der Waals surface area contributed by atoms with Crippen molar-refractivity contribution in [1.82, 2.24) is 0 Å². The molecule has 1 N–H and O–H groups in total. The zero-order valence-corrected chi connectivity index (χ0v) is 12.2. The first-order valence-corrected chi connectivity index (χ1v) is 6.51. The predicted octanol–water partition coefficient (Wildman–Crippen LogP) is 2.90. The monoisotopic (exact) mass is 325 g/mol. The van der Waals surface area contributed by atoms with E-state index in [1.807, 2.05) is 0 Å². The Kier molecular flexibility index (Phi) is 6.00. The highest BCUT2D eigenvalue weighted by molar-refractivity contribution is 6.31. The van der Waals surface area contributed by atoms with Gasteiger partial charge in [-0.05, 0) is 25.5 Å². The molecule has 0 bridgehead atoms. The molecule has 0 heterocycles. The van der Waals surface area contributed by atoms with E-state index in [4.69, 9.17) is 16.3 Å². The van der Waals surface area contributed by atoms with Crippen LogP contribution >= 0.6 is 11.6 Å². The summed E-state index contributed by atoms with van der Waals surface area (Å²) in [5.41, 5.74) is -3.10. The SMILES string of the molecule is CCOCN(C(=O)C(O)Cl)c1c(C)cccc1C(F)(F)F. The van der Waals surface area contributed by atoms with Crippen LogP contribution in [0.25, 0.3) is 0 Å². The van der Waals surface area contributed by atoms with Crippen LogP contribution in [-0.2, 0) is 15.7 Å². The molecule has 0 aliphatic rings. The van der Waals surface area contributed by atoms with Crippen LogP contribution in [0.5, 0.6) is 0 Å². The van der Waals surface area contributed by atoms with E-state index >= 15 is 0 Å². The maximum absolute atomic E-state index is 13.1. The summed E-state index contributed by atoms with van der Waals surface area (Å²) in [6.45, 7) is 2.81. The Hall–Kier alpha value is -1.31. The third kappa shape index (κ3) is 4.33. The number of amides is 1. The molecule has 0 aromatic heterocycles. The van der Waals surface area contributed by atoms with E-state index in [-0.39, 0.29) is 17.9 Å². The molecule has 0 fully saturated rings. The number of rotatable bonds is 5. The first kappa shape index (κ1) is 17.7. The molecule has 0 saturated carbocycles. The number of carbonyl (C=O) groups excluding carboxylic acids is 1. The summed E-state index contributed by atoms with van der Waals surface area (Å²) in [6.07, 6.45) is -4.65. The standard InChI is InChI=1S/C13H15ClF3NO3/c1-3-21-7-18(12(20)11(14)19)10-8(2)5-4-6-9(10)13(15,16)17/h4-6,11,19H,3,7H2,1-2H3. The number of alkyl halides is 4. The van der Waals surface area contributed by atoms with Gasteiger partial charge in [-0.25, -0.2) is 0 Å². The molecule has 1 atom stereocenters. The second-order valence-corrected chi connectivity index (χ2v) is 4.61. The highest BCUT2D eigenvalue weighted by Gasteiger charge is 2.37. The normalized spacial score (nSPS) is 13.1. The molecule has 8 heteroatoms. The number of nitrogens with zero attached hydrogens (tertiary/aromatic N) is 1. The summed E-state index contributed by atoms with van der Waals surface area (Å²) in [5.74, 6) is -1.08. The third-order valence-electron chi connectivity index (χ3n) is 2.71. The molecule has 1 rings (SSSR count). The molecule has 1 unspecified atom stereocenters. The summed E-state index contributed by atoms with van der Waals surface area (Å²) in [6, 6.07) is 3.52. The zero-order chi connectivity index (χ0) is 16.2. The maximum Gasteiger partial charge on any atom is 0.418 e. The molecular formula is C13H15ClF3NO3. The topological polar surface area (TPSA) is 49.8 Å². The van der Waals surface area contributed by atoms with E-state index < -0.39 is 29.9 Å². The molecule has 4 nitrogen and oxygen atoms in total. The number of carbonyl (C=O) groups is 1. The van der Waals surface area contributed by atoms with Crippen LogP contribution in [0.15, 0.2) is 18.2 Å². The Morgan fingerprint density at radius 3 is 2.57 bits per heavy atom. The van der Waals surface area contributed by atoms with Crippen LogP contribution in [0.3, 0.4) is 0 Å². The number of halogens is 4. The van der Waals surface area contributed by atoms with Gasteiger partial charge in [0.25, 0.3) is 5.91 Å². The van der Waals surface area contributed by atoms with E-state index in [1.54, 1.807) is 6.92 Å². The lowest BCUT2D eigenvalue weighted by molar-refractivity contribution is -0.137. The van der Waals surface area contributed by atoms with E-state index in [9.17, 15) is 23.1 Å². The minimum Gasteiger partial charge on any atom is -0.369 e. The van der Waals surface area contributed by atoms with Crippen molar-refractivity contribution in [3.05, 3.63) is 29.3 Å². The van der Waals surface area contributed by atoms with E-state index in [2.05, 4.69) is 0 Å². The first-order valence-electron chi connectivity index (χ1n) is 6.08. The average molecular weight is 326 g/mol. The van der Waals surface area contributed by atoms with Crippen LogP contribution in [0.4, 0.5) is 18.9 Å². The van der Waals surface area contributed by atoms with Crippen molar-refractivity contribution < 1.29 is 27.8 Å². The van der Waals surface area contributed by atoms with Gasteiger partial charge in [0.05, 0.1) is 11.3 Å². The Morgan fingerprint density at radius 2 is 2.10 bits per heavy atom. The Bertz CT molecular complexity index is 506. The van der Waals surface area contributed by atoms with Crippen LogP contribution in [0, 0.1) is 6.92 Å². The zero-order valence-electron chi connectivity index (χ0n) is 11.4. The first-order chi connectivity index (χ1) is 9.70. The fourth-order valence-corrected chi connectivity index (χ4v) is 1.91. The fraction of sp³-hybridized carbons (Fsp3) is 0.462. The van der Waals surface area contributed by atoms with Gasteiger partial charge in [0.2, 0.25) is 5.56 Å². The van der Waals surface area contributed by atoms with Crippen LogP contribution in [0.2, 0.25) is 0 Å². The predicted molar refractivity (Wildman–Crippen MR) is 72.0 cm³/mol. The van der Waals surface area contributed by atoms with Gasteiger partial charge in [-0.15, -0.1) is 0 Å². The summed E-state index contributed by atoms with van der Waals surface area (Å²) >= 11 is 5.30. The number of ether oxygens (including phenoxy) is 1. The van der Waals surface area contributed by atoms with E-state index in [0.29, 0.717) is 4.90 Å². The van der Waals surface area contributed by atoms with Gasteiger partial charge < -0.3 is 9.84 Å². The lowest BCUT2D eigenvalue weighted by Crippen LogP contribution is -2.40. The lowest BCUT2D eigenvalue weighted by Gasteiger charge is -2.27. The van der Waals surface area contributed by atoms with Crippen molar-refractivity contribution in [3.8, 4) is 0 Å². The molecule has 1 aromatic rings. The van der Waals surface area contributed by atoms with Crippen LogP contribution in [-0.4, -0.2) is 29.9 Å². The number of benzene rings is 1. The Labute approximate surface area is 125 Å². The smallest absolute Gasteiger partial charge is 0.369 e. The van der Waals surface area contributed by atoms with Gasteiger partial charge in [-0.2, -0.15) is 13.2 Å². The summed E-state index contributed by atoms with van der Waals surface area (Å²) in [5, 5.41) is 9.17. The van der Waals surface area contributed by atoms with Crippen molar-refractivity contribution in [1.29, 1.82) is 0 Å². The van der Waals surface area contributed by atoms with E-state index in [1.165, 1.54) is 19.1 Å². The molecule has 0 aliphatic carbocycles. The van der Waals surface area contributed by atoms with Gasteiger partial charge in [-0.1, -0.05) is 23.7 Å². The van der Waals surface area contributed by atoms with E-state index in [0.717, 1.165) is 6.07 Å². The number of hydrogen-bond acceptors (Lipinski definition) is 3. The Morgan fingerprint density at radius 1 is 1.48 bits per heavy atom. The molecule has 118 valence electrons. The van der Waals surface area contributed by atoms with Crippen molar-refractivity contribution in [2.45, 2.75) is 25.6 Å². The number of anilines is 1. The largest absolute Gasteiger partial charge is 0.418 e. The quantitative estimate of drug-likeness (QED) is 0.669. The lowest BCUT2D eigenvalue weighted by atomic mass is 10.1. The van der Waals surface area contributed by atoms with Crippen LogP contribution < -0.4 is 4.90 Å².